The molecule has 3 rings (SSSR count). The normalized spacial score (nSPS) is 16.2. The van der Waals surface area contributed by atoms with Crippen molar-refractivity contribution in [2.45, 2.75) is 25.8 Å². The van der Waals surface area contributed by atoms with Gasteiger partial charge in [0.1, 0.15) is 5.75 Å². The quantitative estimate of drug-likeness (QED) is 0.509. The third-order valence-electron chi connectivity index (χ3n) is 4.59. The fraction of sp³-hybridized carbons (Fsp3) is 0.273. The van der Waals surface area contributed by atoms with Crippen LogP contribution < -0.4 is 10.1 Å². The lowest BCUT2D eigenvalue weighted by Crippen LogP contribution is -2.43. The van der Waals surface area contributed by atoms with Crippen LogP contribution in [-0.2, 0) is 11.2 Å². The van der Waals surface area contributed by atoms with Crippen molar-refractivity contribution in [2.24, 2.45) is 0 Å². The molecule has 1 heterocycles. The number of allylic oxidation sites excluding steroid dienone is 1. The van der Waals surface area contributed by atoms with Crippen LogP contribution >= 0.6 is 0 Å². The van der Waals surface area contributed by atoms with Gasteiger partial charge in [0.05, 0.1) is 19.8 Å². The SMILES string of the molecule is COC(=O)c1ccccc1C(=O)C=C1NC(C)(C)Cc2ccc(OC)cc21. The molecule has 0 bridgehead atoms. The number of rotatable bonds is 4. The standard InChI is InChI=1S/C22H23NO4/c1-22(2)13-14-9-10-15(26-3)11-18(14)19(23-22)12-20(24)16-7-5-6-8-17(16)21(25)27-4/h5-12,23H,13H2,1-4H3. The summed E-state index contributed by atoms with van der Waals surface area (Å²) in [6.45, 7) is 4.17. The van der Waals surface area contributed by atoms with Crippen molar-refractivity contribution >= 4 is 17.4 Å². The first-order valence-electron chi connectivity index (χ1n) is 8.73. The van der Waals surface area contributed by atoms with E-state index in [2.05, 4.69) is 19.2 Å². The van der Waals surface area contributed by atoms with Gasteiger partial charge in [-0.2, -0.15) is 0 Å². The van der Waals surface area contributed by atoms with Crippen LogP contribution in [0.5, 0.6) is 5.75 Å². The zero-order valence-corrected chi connectivity index (χ0v) is 16.0. The average molecular weight is 365 g/mol. The van der Waals surface area contributed by atoms with Crippen molar-refractivity contribution in [2.75, 3.05) is 14.2 Å². The minimum Gasteiger partial charge on any atom is -0.497 e. The molecule has 2 aromatic rings. The van der Waals surface area contributed by atoms with Gasteiger partial charge < -0.3 is 14.8 Å². The van der Waals surface area contributed by atoms with E-state index in [-0.39, 0.29) is 16.9 Å². The Morgan fingerprint density at radius 2 is 1.78 bits per heavy atom. The van der Waals surface area contributed by atoms with E-state index in [0.29, 0.717) is 11.3 Å². The molecule has 0 amide bonds. The zero-order chi connectivity index (χ0) is 19.6. The molecule has 0 radical (unpaired) electrons. The number of carbonyl (C=O) groups is 2. The topological polar surface area (TPSA) is 64.6 Å². The predicted molar refractivity (Wildman–Crippen MR) is 104 cm³/mol. The Balaban J connectivity index is 2.07. The van der Waals surface area contributed by atoms with E-state index in [1.54, 1.807) is 37.5 Å². The van der Waals surface area contributed by atoms with Crippen LogP contribution in [0.3, 0.4) is 0 Å². The molecule has 1 aliphatic heterocycles. The van der Waals surface area contributed by atoms with E-state index in [1.165, 1.54) is 7.11 Å². The van der Waals surface area contributed by atoms with Gasteiger partial charge in [-0.1, -0.05) is 24.3 Å². The molecule has 0 aromatic heterocycles. The lowest BCUT2D eigenvalue weighted by Gasteiger charge is -2.35. The van der Waals surface area contributed by atoms with E-state index in [9.17, 15) is 9.59 Å². The molecule has 5 nitrogen and oxygen atoms in total. The Kier molecular flexibility index (Phi) is 5.04. The molecule has 27 heavy (non-hydrogen) atoms. The summed E-state index contributed by atoms with van der Waals surface area (Å²) in [7, 11) is 2.92. The van der Waals surface area contributed by atoms with Crippen molar-refractivity contribution < 1.29 is 19.1 Å². The largest absolute Gasteiger partial charge is 0.497 e. The fourth-order valence-corrected chi connectivity index (χ4v) is 3.35. The summed E-state index contributed by atoms with van der Waals surface area (Å²) in [5.41, 5.74) is 3.15. The van der Waals surface area contributed by atoms with E-state index in [1.807, 2.05) is 18.2 Å². The zero-order valence-electron chi connectivity index (χ0n) is 16.0. The Morgan fingerprint density at radius 1 is 1.07 bits per heavy atom. The summed E-state index contributed by atoms with van der Waals surface area (Å²) in [5, 5.41) is 3.43. The van der Waals surface area contributed by atoms with Crippen LogP contribution in [0, 0.1) is 0 Å². The molecule has 1 aliphatic rings. The third-order valence-corrected chi connectivity index (χ3v) is 4.59. The number of esters is 1. The summed E-state index contributed by atoms with van der Waals surface area (Å²) >= 11 is 0. The predicted octanol–water partition coefficient (Wildman–Crippen LogP) is 3.63. The van der Waals surface area contributed by atoms with Crippen molar-refractivity contribution in [1.82, 2.24) is 5.32 Å². The van der Waals surface area contributed by atoms with Gasteiger partial charge in [0.25, 0.3) is 0 Å². The number of methoxy groups -OCH3 is 2. The number of nitrogens with one attached hydrogen (secondary N) is 1. The van der Waals surface area contributed by atoms with Crippen LogP contribution in [0.25, 0.3) is 5.70 Å². The molecule has 0 aliphatic carbocycles. The summed E-state index contributed by atoms with van der Waals surface area (Å²) in [5.74, 6) is -0.0649. The van der Waals surface area contributed by atoms with Gasteiger partial charge in [0, 0.05) is 28.4 Å². The highest BCUT2D eigenvalue weighted by Crippen LogP contribution is 2.32. The van der Waals surface area contributed by atoms with Crippen molar-refractivity contribution in [3.8, 4) is 5.75 Å². The fourth-order valence-electron chi connectivity index (χ4n) is 3.35. The molecule has 0 saturated heterocycles. The third kappa shape index (κ3) is 3.87. The molecular weight excluding hydrogens is 342 g/mol. The van der Waals surface area contributed by atoms with Gasteiger partial charge in [0.2, 0.25) is 0 Å². The van der Waals surface area contributed by atoms with E-state index in [4.69, 9.17) is 9.47 Å². The molecule has 140 valence electrons. The van der Waals surface area contributed by atoms with Crippen LogP contribution in [0.1, 0.15) is 45.7 Å². The highest BCUT2D eigenvalue weighted by molar-refractivity contribution is 6.14. The number of carbonyl (C=O) groups excluding carboxylic acids is 2. The first kappa shape index (κ1) is 18.7. The second-order valence-corrected chi connectivity index (χ2v) is 7.17. The minimum absolute atomic E-state index is 0.199. The maximum Gasteiger partial charge on any atom is 0.338 e. The number of hydrogen-bond donors (Lipinski definition) is 1. The Labute approximate surface area is 159 Å². The number of fused-ring (bicyclic) bond motifs is 1. The maximum absolute atomic E-state index is 13.0. The minimum atomic E-state index is -0.531. The van der Waals surface area contributed by atoms with Gasteiger partial charge in [-0.25, -0.2) is 4.79 Å². The van der Waals surface area contributed by atoms with Crippen LogP contribution in [0.15, 0.2) is 48.5 Å². The first-order valence-corrected chi connectivity index (χ1v) is 8.73. The van der Waals surface area contributed by atoms with Crippen LogP contribution in [0.4, 0.5) is 0 Å². The molecule has 0 spiro atoms. The highest BCUT2D eigenvalue weighted by Gasteiger charge is 2.28. The molecule has 0 saturated carbocycles. The molecule has 0 unspecified atom stereocenters. The van der Waals surface area contributed by atoms with Crippen LogP contribution in [0.2, 0.25) is 0 Å². The van der Waals surface area contributed by atoms with E-state index >= 15 is 0 Å². The Hall–Kier alpha value is -3.08. The first-order chi connectivity index (χ1) is 12.8. The van der Waals surface area contributed by atoms with Gasteiger partial charge in [-0.3, -0.25) is 4.79 Å². The smallest absolute Gasteiger partial charge is 0.338 e. The molecule has 2 aromatic carbocycles. The summed E-state index contributed by atoms with van der Waals surface area (Å²) in [6.07, 6.45) is 2.37. The second-order valence-electron chi connectivity index (χ2n) is 7.17. The summed E-state index contributed by atoms with van der Waals surface area (Å²) in [6, 6.07) is 12.5. The van der Waals surface area contributed by atoms with Crippen LogP contribution in [-0.4, -0.2) is 31.5 Å². The number of benzene rings is 2. The lowest BCUT2D eigenvalue weighted by molar-refractivity contribution is 0.0597. The highest BCUT2D eigenvalue weighted by atomic mass is 16.5. The number of ketones is 1. The molecular formula is C22H23NO4. The monoisotopic (exact) mass is 365 g/mol. The summed E-state index contributed by atoms with van der Waals surface area (Å²) in [4.78, 5) is 25.0. The Morgan fingerprint density at radius 3 is 2.44 bits per heavy atom. The lowest BCUT2D eigenvalue weighted by atomic mass is 9.85. The van der Waals surface area contributed by atoms with Gasteiger partial charge in [-0.05, 0) is 44.0 Å². The second kappa shape index (κ2) is 7.27. The maximum atomic E-state index is 13.0. The molecule has 0 fully saturated rings. The molecule has 1 N–H and O–H groups in total. The van der Waals surface area contributed by atoms with Gasteiger partial charge in [0.15, 0.2) is 5.78 Å². The van der Waals surface area contributed by atoms with Crippen molar-refractivity contribution in [1.29, 1.82) is 0 Å². The van der Waals surface area contributed by atoms with E-state index < -0.39 is 5.97 Å². The average Bonchev–Trinajstić information content (AvgIpc) is 2.66. The van der Waals surface area contributed by atoms with Crippen molar-refractivity contribution in [3.05, 3.63) is 70.8 Å². The summed E-state index contributed by atoms with van der Waals surface area (Å²) < 4.78 is 10.1. The van der Waals surface area contributed by atoms with Crippen molar-refractivity contribution in [3.63, 3.8) is 0 Å². The number of ether oxygens (including phenoxy) is 2. The Bertz CT molecular complexity index is 928. The van der Waals surface area contributed by atoms with E-state index in [0.717, 1.165) is 23.3 Å². The van der Waals surface area contributed by atoms with Gasteiger partial charge in [-0.15, -0.1) is 0 Å². The van der Waals surface area contributed by atoms with Gasteiger partial charge >= 0.3 is 5.97 Å². The molecule has 0 atom stereocenters. The number of hydrogen-bond acceptors (Lipinski definition) is 5. The molecule has 5 heteroatoms.